The lowest BCUT2D eigenvalue weighted by molar-refractivity contribution is -0.104. The molecule has 0 N–H and O–H groups in total. The summed E-state index contributed by atoms with van der Waals surface area (Å²) < 4.78 is 7.25. The van der Waals surface area contributed by atoms with E-state index in [-0.39, 0.29) is 0 Å². The Morgan fingerprint density at radius 3 is 2.29 bits per heavy atom. The summed E-state index contributed by atoms with van der Waals surface area (Å²) in [5.74, 6) is 0.786. The van der Waals surface area contributed by atoms with Gasteiger partial charge >= 0.3 is 0 Å². The zero-order chi connectivity index (χ0) is 12.8. The van der Waals surface area contributed by atoms with E-state index in [1.807, 2.05) is 32.1 Å². The third kappa shape index (κ3) is 3.96. The van der Waals surface area contributed by atoms with Crippen molar-refractivity contribution >= 4 is 44.2 Å². The lowest BCUT2D eigenvalue weighted by atomic mass is 10.1. The van der Waals surface area contributed by atoms with E-state index < -0.39 is 0 Å². The van der Waals surface area contributed by atoms with E-state index >= 15 is 0 Å². The summed E-state index contributed by atoms with van der Waals surface area (Å²) in [7, 11) is 0. The molecule has 92 valence electrons. The zero-order valence-corrected chi connectivity index (χ0v) is 13.0. The second-order valence-corrected chi connectivity index (χ2v) is 5.15. The third-order valence-electron chi connectivity index (χ3n) is 2.22. The highest BCUT2D eigenvalue weighted by Crippen LogP contribution is 2.35. The maximum atomic E-state index is 10.8. The number of carbonyl (C=O) groups is 1. The average molecular weight is 362 g/mol. The normalized spacial score (nSPS) is 11.4. The molecule has 0 aliphatic heterocycles. The Hall–Kier alpha value is -0.610. The summed E-state index contributed by atoms with van der Waals surface area (Å²) in [5, 5.41) is 0. The van der Waals surface area contributed by atoms with Crippen molar-refractivity contribution in [3.8, 4) is 5.75 Å². The molecule has 0 spiro atoms. The van der Waals surface area contributed by atoms with Crippen molar-refractivity contribution in [2.45, 2.75) is 20.3 Å². The predicted molar refractivity (Wildman–Crippen MR) is 77.3 cm³/mol. The number of allylic oxidation sites excluding steroid dienone is 1. The van der Waals surface area contributed by atoms with E-state index in [0.717, 1.165) is 38.5 Å². The Morgan fingerprint density at radius 2 is 1.88 bits per heavy atom. The molecule has 0 unspecified atom stereocenters. The van der Waals surface area contributed by atoms with Crippen LogP contribution in [0.25, 0.3) is 6.08 Å². The molecule has 0 saturated carbocycles. The summed E-state index contributed by atoms with van der Waals surface area (Å²) in [6.07, 6.45) is 3.49. The van der Waals surface area contributed by atoms with Crippen LogP contribution in [-0.2, 0) is 4.79 Å². The van der Waals surface area contributed by atoms with Gasteiger partial charge in [0.05, 0.1) is 15.6 Å². The molecule has 17 heavy (non-hydrogen) atoms. The smallest absolute Gasteiger partial charge is 0.147 e. The first-order valence-corrected chi connectivity index (χ1v) is 6.98. The summed E-state index contributed by atoms with van der Waals surface area (Å²) in [6.45, 7) is 4.51. The number of halogens is 2. The second-order valence-electron chi connectivity index (χ2n) is 3.44. The van der Waals surface area contributed by atoms with Crippen LogP contribution in [0.4, 0.5) is 0 Å². The largest absolute Gasteiger partial charge is 0.492 e. The van der Waals surface area contributed by atoms with Gasteiger partial charge in [0.2, 0.25) is 0 Å². The van der Waals surface area contributed by atoms with E-state index in [0.29, 0.717) is 6.61 Å². The van der Waals surface area contributed by atoms with Gasteiger partial charge < -0.3 is 4.74 Å². The Bertz CT molecular complexity index is 416. The van der Waals surface area contributed by atoms with Crippen LogP contribution in [0.5, 0.6) is 5.75 Å². The Balaban J connectivity index is 3.14. The molecule has 0 radical (unpaired) electrons. The predicted octanol–water partition coefficient (Wildman–Crippen LogP) is 4.60. The van der Waals surface area contributed by atoms with Crippen LogP contribution in [0.3, 0.4) is 0 Å². The molecule has 0 aliphatic rings. The molecule has 0 amide bonds. The molecule has 1 aromatic rings. The first-order valence-electron chi connectivity index (χ1n) is 5.39. The van der Waals surface area contributed by atoms with Gasteiger partial charge in [-0.15, -0.1) is 0 Å². The first kappa shape index (κ1) is 14.5. The molecule has 0 saturated heterocycles. The monoisotopic (exact) mass is 360 g/mol. The number of hydrogen-bond donors (Lipinski definition) is 0. The molecular weight excluding hydrogens is 348 g/mol. The Morgan fingerprint density at radius 1 is 1.29 bits per heavy atom. The molecule has 0 aromatic heterocycles. The number of aldehydes is 1. The fourth-order valence-corrected chi connectivity index (χ4v) is 2.83. The summed E-state index contributed by atoms with van der Waals surface area (Å²) in [4.78, 5) is 10.8. The highest BCUT2D eigenvalue weighted by molar-refractivity contribution is 9.11. The minimum Gasteiger partial charge on any atom is -0.492 e. The average Bonchev–Trinajstić information content (AvgIpc) is 2.30. The van der Waals surface area contributed by atoms with Crippen molar-refractivity contribution in [2.24, 2.45) is 0 Å². The van der Waals surface area contributed by atoms with Gasteiger partial charge in [-0.05, 0) is 74.5 Å². The van der Waals surface area contributed by atoms with Crippen LogP contribution < -0.4 is 4.74 Å². The maximum absolute atomic E-state index is 10.8. The number of carbonyl (C=O) groups excluding carboxylic acids is 1. The summed E-state index contributed by atoms with van der Waals surface area (Å²) in [5.41, 5.74) is 1.74. The SMILES string of the molecule is CCOc1c(Br)cc(C=C(C=O)CC)cc1Br. The molecule has 0 fully saturated rings. The van der Waals surface area contributed by atoms with Crippen molar-refractivity contribution in [1.82, 2.24) is 0 Å². The van der Waals surface area contributed by atoms with Crippen molar-refractivity contribution in [2.75, 3.05) is 6.61 Å². The van der Waals surface area contributed by atoms with Crippen LogP contribution in [0, 0.1) is 0 Å². The quantitative estimate of drug-likeness (QED) is 0.565. The Kier molecular flexibility index (Phi) is 5.92. The summed E-state index contributed by atoms with van der Waals surface area (Å²) >= 11 is 6.92. The van der Waals surface area contributed by atoms with Gasteiger partial charge in [-0.3, -0.25) is 4.79 Å². The van der Waals surface area contributed by atoms with Crippen molar-refractivity contribution in [3.05, 3.63) is 32.2 Å². The van der Waals surface area contributed by atoms with E-state index in [1.165, 1.54) is 0 Å². The number of ether oxygens (including phenoxy) is 1. The molecule has 1 aromatic carbocycles. The van der Waals surface area contributed by atoms with Crippen LogP contribution in [0.15, 0.2) is 26.7 Å². The molecule has 0 bridgehead atoms. The Labute approximate surface area is 118 Å². The van der Waals surface area contributed by atoms with Crippen LogP contribution >= 0.6 is 31.9 Å². The van der Waals surface area contributed by atoms with Crippen LogP contribution in [0.1, 0.15) is 25.8 Å². The lowest BCUT2D eigenvalue weighted by Crippen LogP contribution is -1.94. The number of rotatable bonds is 5. The summed E-state index contributed by atoms with van der Waals surface area (Å²) in [6, 6.07) is 3.88. The fraction of sp³-hybridized carbons (Fsp3) is 0.308. The molecule has 4 heteroatoms. The van der Waals surface area contributed by atoms with E-state index in [2.05, 4.69) is 31.9 Å². The fourth-order valence-electron chi connectivity index (χ4n) is 1.38. The van der Waals surface area contributed by atoms with Gasteiger partial charge in [0.1, 0.15) is 12.0 Å². The minimum atomic E-state index is 0.612. The van der Waals surface area contributed by atoms with Crippen molar-refractivity contribution in [1.29, 1.82) is 0 Å². The maximum Gasteiger partial charge on any atom is 0.147 e. The highest BCUT2D eigenvalue weighted by atomic mass is 79.9. The second kappa shape index (κ2) is 6.97. The van der Waals surface area contributed by atoms with Gasteiger partial charge in [-0.25, -0.2) is 0 Å². The van der Waals surface area contributed by atoms with Crippen LogP contribution in [-0.4, -0.2) is 12.9 Å². The first-order chi connectivity index (χ1) is 8.12. The highest BCUT2D eigenvalue weighted by Gasteiger charge is 2.07. The molecule has 1 rings (SSSR count). The molecule has 0 aliphatic carbocycles. The lowest BCUT2D eigenvalue weighted by Gasteiger charge is -2.09. The van der Waals surface area contributed by atoms with Gasteiger partial charge in [0, 0.05) is 0 Å². The molecule has 0 heterocycles. The number of hydrogen-bond acceptors (Lipinski definition) is 2. The van der Waals surface area contributed by atoms with Crippen molar-refractivity contribution in [3.63, 3.8) is 0 Å². The van der Waals surface area contributed by atoms with Gasteiger partial charge in [-0.2, -0.15) is 0 Å². The van der Waals surface area contributed by atoms with Crippen LogP contribution in [0.2, 0.25) is 0 Å². The van der Waals surface area contributed by atoms with Gasteiger partial charge in [-0.1, -0.05) is 6.92 Å². The topological polar surface area (TPSA) is 26.3 Å². The van der Waals surface area contributed by atoms with Crippen molar-refractivity contribution < 1.29 is 9.53 Å². The number of benzene rings is 1. The van der Waals surface area contributed by atoms with E-state index in [4.69, 9.17) is 4.74 Å². The van der Waals surface area contributed by atoms with Gasteiger partial charge in [0.25, 0.3) is 0 Å². The molecular formula is C13H14Br2O2. The standard InChI is InChI=1S/C13H14Br2O2/c1-3-9(8-16)5-10-6-11(14)13(17-4-2)12(15)7-10/h5-8H,3-4H2,1-2H3. The van der Waals surface area contributed by atoms with E-state index in [1.54, 1.807) is 0 Å². The zero-order valence-electron chi connectivity index (χ0n) is 9.80. The minimum absolute atomic E-state index is 0.612. The third-order valence-corrected chi connectivity index (χ3v) is 3.40. The molecule has 2 nitrogen and oxygen atoms in total. The van der Waals surface area contributed by atoms with E-state index in [9.17, 15) is 4.79 Å². The molecule has 0 atom stereocenters. The van der Waals surface area contributed by atoms with Gasteiger partial charge in [0.15, 0.2) is 0 Å².